The molecule has 3 rings (SSSR count). The predicted molar refractivity (Wildman–Crippen MR) is 60.4 cm³/mol. The highest BCUT2D eigenvalue weighted by Gasteiger charge is 2.23. The molecule has 0 aliphatic carbocycles. The SMILES string of the molecule is NC1OCc2cnc3ccc(C(=O)O)cc3c21. The molecule has 5 nitrogen and oxygen atoms in total. The van der Waals surface area contributed by atoms with Gasteiger partial charge >= 0.3 is 5.97 Å². The minimum atomic E-state index is -0.961. The van der Waals surface area contributed by atoms with Crippen molar-refractivity contribution >= 4 is 16.9 Å². The molecule has 1 atom stereocenters. The number of hydrogen-bond acceptors (Lipinski definition) is 4. The van der Waals surface area contributed by atoms with E-state index >= 15 is 0 Å². The molecule has 0 amide bonds. The molecule has 1 aromatic carbocycles. The third kappa shape index (κ3) is 1.48. The van der Waals surface area contributed by atoms with E-state index in [1.807, 2.05) is 0 Å². The number of carbonyl (C=O) groups is 1. The van der Waals surface area contributed by atoms with Gasteiger partial charge in [-0.1, -0.05) is 0 Å². The number of rotatable bonds is 1. The highest BCUT2D eigenvalue weighted by Crippen LogP contribution is 2.32. The van der Waals surface area contributed by atoms with Gasteiger partial charge in [0, 0.05) is 22.7 Å². The molecule has 0 radical (unpaired) electrons. The number of ether oxygens (including phenoxy) is 1. The Hall–Kier alpha value is -1.98. The minimum Gasteiger partial charge on any atom is -0.478 e. The first-order valence-corrected chi connectivity index (χ1v) is 5.19. The number of hydrogen-bond donors (Lipinski definition) is 2. The molecular weight excluding hydrogens is 220 g/mol. The van der Waals surface area contributed by atoms with Crippen molar-refractivity contribution < 1.29 is 14.6 Å². The first-order chi connectivity index (χ1) is 8.16. The Bertz CT molecular complexity index is 624. The average molecular weight is 230 g/mol. The Kier molecular flexibility index (Phi) is 2.10. The van der Waals surface area contributed by atoms with Crippen molar-refractivity contribution in [3.63, 3.8) is 0 Å². The molecule has 17 heavy (non-hydrogen) atoms. The second-order valence-corrected chi connectivity index (χ2v) is 3.97. The van der Waals surface area contributed by atoms with Gasteiger partial charge in [-0.15, -0.1) is 0 Å². The van der Waals surface area contributed by atoms with Gasteiger partial charge in [0.25, 0.3) is 0 Å². The highest BCUT2D eigenvalue weighted by molar-refractivity contribution is 5.94. The average Bonchev–Trinajstić information content (AvgIpc) is 2.70. The maximum Gasteiger partial charge on any atom is 0.335 e. The molecule has 0 spiro atoms. The molecule has 86 valence electrons. The maximum absolute atomic E-state index is 10.9. The third-order valence-corrected chi connectivity index (χ3v) is 2.94. The van der Waals surface area contributed by atoms with Gasteiger partial charge in [0.15, 0.2) is 0 Å². The molecule has 0 saturated heterocycles. The second-order valence-electron chi connectivity index (χ2n) is 3.97. The number of aromatic nitrogens is 1. The first-order valence-electron chi connectivity index (χ1n) is 5.19. The molecule has 1 aliphatic heterocycles. The number of aromatic carboxylic acids is 1. The fraction of sp³-hybridized carbons (Fsp3) is 0.167. The fourth-order valence-corrected chi connectivity index (χ4v) is 2.10. The van der Waals surface area contributed by atoms with Crippen LogP contribution < -0.4 is 5.73 Å². The summed E-state index contributed by atoms with van der Waals surface area (Å²) in [5.74, 6) is -0.961. The smallest absolute Gasteiger partial charge is 0.335 e. The summed E-state index contributed by atoms with van der Waals surface area (Å²) in [6, 6.07) is 4.81. The van der Waals surface area contributed by atoms with Crippen LogP contribution >= 0.6 is 0 Å². The lowest BCUT2D eigenvalue weighted by Gasteiger charge is -2.08. The zero-order valence-corrected chi connectivity index (χ0v) is 8.88. The number of carboxylic acid groups (broad SMARTS) is 1. The van der Waals surface area contributed by atoms with Crippen LogP contribution in [0.2, 0.25) is 0 Å². The predicted octanol–water partition coefficient (Wildman–Crippen LogP) is 1.42. The molecule has 2 aromatic rings. The van der Waals surface area contributed by atoms with Crippen molar-refractivity contribution in [2.75, 3.05) is 0 Å². The number of nitrogens with two attached hydrogens (primary N) is 1. The van der Waals surface area contributed by atoms with Crippen molar-refractivity contribution in [2.45, 2.75) is 12.8 Å². The summed E-state index contributed by atoms with van der Waals surface area (Å²) in [5, 5.41) is 9.73. The summed E-state index contributed by atoms with van der Waals surface area (Å²) >= 11 is 0. The van der Waals surface area contributed by atoms with Crippen molar-refractivity contribution in [1.82, 2.24) is 4.98 Å². The van der Waals surface area contributed by atoms with E-state index in [1.165, 1.54) is 6.07 Å². The standard InChI is InChI=1S/C12H10N2O3/c13-11-10-7(5-17-11)4-14-9-2-1-6(12(15)16)3-8(9)10/h1-4,11H,5,13H2,(H,15,16). The van der Waals surface area contributed by atoms with Gasteiger partial charge in [-0.2, -0.15) is 0 Å². The van der Waals surface area contributed by atoms with Crippen LogP contribution in [-0.2, 0) is 11.3 Å². The van der Waals surface area contributed by atoms with E-state index in [1.54, 1.807) is 18.3 Å². The van der Waals surface area contributed by atoms with Gasteiger partial charge < -0.3 is 15.6 Å². The van der Waals surface area contributed by atoms with Crippen LogP contribution in [0.15, 0.2) is 24.4 Å². The Labute approximate surface area is 96.8 Å². The summed E-state index contributed by atoms with van der Waals surface area (Å²) in [6.07, 6.45) is 1.23. The Morgan fingerprint density at radius 2 is 2.35 bits per heavy atom. The van der Waals surface area contributed by atoms with Crippen LogP contribution in [0, 0.1) is 0 Å². The molecule has 5 heteroatoms. The van der Waals surface area contributed by atoms with Crippen LogP contribution in [0.3, 0.4) is 0 Å². The zero-order chi connectivity index (χ0) is 12.0. The van der Waals surface area contributed by atoms with Crippen LogP contribution in [0.25, 0.3) is 10.9 Å². The van der Waals surface area contributed by atoms with Crippen molar-refractivity contribution in [3.8, 4) is 0 Å². The molecule has 1 unspecified atom stereocenters. The van der Waals surface area contributed by atoms with Crippen LogP contribution in [0.1, 0.15) is 27.7 Å². The lowest BCUT2D eigenvalue weighted by atomic mass is 10.0. The second kappa shape index (κ2) is 3.51. The monoisotopic (exact) mass is 230 g/mol. The topological polar surface area (TPSA) is 85.4 Å². The van der Waals surface area contributed by atoms with E-state index in [2.05, 4.69) is 4.98 Å². The number of nitrogens with zero attached hydrogens (tertiary/aromatic N) is 1. The highest BCUT2D eigenvalue weighted by atomic mass is 16.5. The van der Waals surface area contributed by atoms with Crippen LogP contribution in [0.4, 0.5) is 0 Å². The number of benzene rings is 1. The first kappa shape index (κ1) is 10.2. The molecule has 2 heterocycles. The number of pyridine rings is 1. The van der Waals surface area contributed by atoms with Crippen LogP contribution in [0.5, 0.6) is 0 Å². The van der Waals surface area contributed by atoms with E-state index in [0.29, 0.717) is 6.61 Å². The van der Waals surface area contributed by atoms with Gasteiger partial charge in [-0.3, -0.25) is 4.98 Å². The normalized spacial score (nSPS) is 18.3. The summed E-state index contributed by atoms with van der Waals surface area (Å²) in [5.41, 5.74) is 8.57. The van der Waals surface area contributed by atoms with Crippen LogP contribution in [-0.4, -0.2) is 16.1 Å². The zero-order valence-electron chi connectivity index (χ0n) is 8.88. The Morgan fingerprint density at radius 1 is 1.53 bits per heavy atom. The third-order valence-electron chi connectivity index (χ3n) is 2.94. The fourth-order valence-electron chi connectivity index (χ4n) is 2.10. The minimum absolute atomic E-state index is 0.229. The maximum atomic E-state index is 10.9. The molecule has 1 aliphatic rings. The number of fused-ring (bicyclic) bond motifs is 3. The molecule has 3 N–H and O–H groups in total. The van der Waals surface area contributed by atoms with Gasteiger partial charge in [0.05, 0.1) is 17.7 Å². The summed E-state index contributed by atoms with van der Waals surface area (Å²) in [6.45, 7) is 0.427. The molecular formula is C12H10N2O3. The van der Waals surface area contributed by atoms with E-state index in [0.717, 1.165) is 22.0 Å². The van der Waals surface area contributed by atoms with Gasteiger partial charge in [-0.25, -0.2) is 4.79 Å². The van der Waals surface area contributed by atoms with Gasteiger partial charge in [0.2, 0.25) is 0 Å². The quantitative estimate of drug-likeness (QED) is 0.773. The number of carboxylic acids is 1. The van der Waals surface area contributed by atoms with Gasteiger partial charge in [0.1, 0.15) is 6.23 Å². The van der Waals surface area contributed by atoms with E-state index in [9.17, 15) is 4.79 Å². The van der Waals surface area contributed by atoms with Crippen molar-refractivity contribution in [3.05, 3.63) is 41.1 Å². The summed E-state index contributed by atoms with van der Waals surface area (Å²) in [7, 11) is 0. The summed E-state index contributed by atoms with van der Waals surface area (Å²) < 4.78 is 5.32. The molecule has 0 saturated carbocycles. The summed E-state index contributed by atoms with van der Waals surface area (Å²) in [4.78, 5) is 15.2. The van der Waals surface area contributed by atoms with Crippen molar-refractivity contribution in [1.29, 1.82) is 0 Å². The molecule has 0 bridgehead atoms. The van der Waals surface area contributed by atoms with E-state index in [4.69, 9.17) is 15.6 Å². The lowest BCUT2D eigenvalue weighted by Crippen LogP contribution is -2.08. The molecule has 0 fully saturated rings. The van der Waals surface area contributed by atoms with Crippen molar-refractivity contribution in [2.24, 2.45) is 5.73 Å². The van der Waals surface area contributed by atoms with Gasteiger partial charge in [-0.05, 0) is 18.2 Å². The lowest BCUT2D eigenvalue weighted by molar-refractivity contribution is 0.0695. The van der Waals surface area contributed by atoms with E-state index < -0.39 is 12.2 Å². The Balaban J connectivity index is 2.33. The largest absolute Gasteiger partial charge is 0.478 e. The van der Waals surface area contributed by atoms with E-state index in [-0.39, 0.29) is 5.56 Å². The Morgan fingerprint density at radius 3 is 3.12 bits per heavy atom. The molecule has 1 aromatic heterocycles.